The van der Waals surface area contributed by atoms with Gasteiger partial charge in [0.1, 0.15) is 11.6 Å². The number of nitrogens with zero attached hydrogens (tertiary/aromatic N) is 3. The quantitative estimate of drug-likeness (QED) is 0.676. The van der Waals surface area contributed by atoms with Gasteiger partial charge >= 0.3 is 5.97 Å². The van der Waals surface area contributed by atoms with E-state index < -0.39 is 0 Å². The van der Waals surface area contributed by atoms with Gasteiger partial charge in [-0.25, -0.2) is 4.79 Å². The van der Waals surface area contributed by atoms with Gasteiger partial charge in [-0.3, -0.25) is 10.1 Å². The number of amides is 1. The first-order valence-corrected chi connectivity index (χ1v) is 8.43. The van der Waals surface area contributed by atoms with Crippen molar-refractivity contribution in [1.82, 2.24) is 10.2 Å². The highest BCUT2D eigenvalue weighted by atomic mass is 32.1. The first-order valence-electron chi connectivity index (χ1n) is 7.62. The normalized spacial score (nSPS) is 13.7. The second-order valence-electron chi connectivity index (χ2n) is 5.95. The number of benzene rings is 1. The number of rotatable bonds is 4. The van der Waals surface area contributed by atoms with Crippen LogP contribution in [0.5, 0.6) is 5.75 Å². The van der Waals surface area contributed by atoms with Gasteiger partial charge in [-0.1, -0.05) is 31.3 Å². The summed E-state index contributed by atoms with van der Waals surface area (Å²) >= 11 is 1.36. The van der Waals surface area contributed by atoms with Crippen LogP contribution in [0.2, 0.25) is 0 Å². The number of esters is 1. The van der Waals surface area contributed by atoms with E-state index in [9.17, 15) is 9.59 Å². The highest BCUT2D eigenvalue weighted by Crippen LogP contribution is 2.32. The fourth-order valence-corrected chi connectivity index (χ4v) is 3.11. The number of carbonyl (C=O) groups is 2. The third kappa shape index (κ3) is 3.53. The van der Waals surface area contributed by atoms with E-state index in [1.165, 1.54) is 11.3 Å². The molecule has 24 heavy (non-hydrogen) atoms. The van der Waals surface area contributed by atoms with Crippen molar-refractivity contribution in [3.63, 3.8) is 0 Å². The van der Waals surface area contributed by atoms with Gasteiger partial charge in [0.15, 0.2) is 5.75 Å². The van der Waals surface area contributed by atoms with Crippen LogP contribution >= 0.6 is 11.3 Å². The predicted molar refractivity (Wildman–Crippen MR) is 91.7 cm³/mol. The summed E-state index contributed by atoms with van der Waals surface area (Å²) in [6.45, 7) is 6.04. The molecule has 1 aromatic heterocycles. The van der Waals surface area contributed by atoms with E-state index in [1.807, 2.05) is 32.9 Å². The highest BCUT2D eigenvalue weighted by Gasteiger charge is 2.26. The van der Waals surface area contributed by atoms with Crippen LogP contribution < -0.4 is 15.0 Å². The van der Waals surface area contributed by atoms with Crippen molar-refractivity contribution in [2.45, 2.75) is 26.7 Å². The molecule has 1 aromatic carbocycles. The number of nitrogens with one attached hydrogen (secondary N) is 1. The minimum atomic E-state index is -0.376. The lowest BCUT2D eigenvalue weighted by molar-refractivity contribution is -0.133. The molecule has 0 aliphatic carbocycles. The standard InChI is InChI=1S/C16H18N4O3S/c1-9(2)15-18-19-16(24-15)17-13(21)7-20-8-14(22)23-12-6-10(3)4-5-11(12)20/h4-6,9H,7-8H2,1-3H3,(H,17,19,21). The molecule has 0 radical (unpaired) electrons. The summed E-state index contributed by atoms with van der Waals surface area (Å²) in [6, 6.07) is 5.56. The summed E-state index contributed by atoms with van der Waals surface area (Å²) in [5, 5.41) is 12.1. The second-order valence-corrected chi connectivity index (χ2v) is 6.96. The Kier molecular flexibility index (Phi) is 4.48. The van der Waals surface area contributed by atoms with Crippen molar-refractivity contribution >= 4 is 34.0 Å². The molecular weight excluding hydrogens is 328 g/mol. The van der Waals surface area contributed by atoms with Gasteiger partial charge in [-0.05, 0) is 24.6 Å². The molecule has 0 bridgehead atoms. The minimum absolute atomic E-state index is 0.0385. The Morgan fingerprint density at radius 2 is 2.21 bits per heavy atom. The van der Waals surface area contributed by atoms with Crippen molar-refractivity contribution in [3.8, 4) is 5.75 Å². The maximum Gasteiger partial charge on any atom is 0.331 e. The number of aromatic nitrogens is 2. The third-order valence-corrected chi connectivity index (χ3v) is 4.65. The van der Waals surface area contributed by atoms with Crippen LogP contribution in [0.15, 0.2) is 18.2 Å². The summed E-state index contributed by atoms with van der Waals surface area (Å²) in [7, 11) is 0. The zero-order valence-corrected chi connectivity index (χ0v) is 14.5. The van der Waals surface area contributed by atoms with Crippen LogP contribution in [0.25, 0.3) is 0 Å². The molecule has 1 amide bonds. The van der Waals surface area contributed by atoms with Gasteiger partial charge in [0.25, 0.3) is 0 Å². The van der Waals surface area contributed by atoms with Crippen LogP contribution in [0.4, 0.5) is 10.8 Å². The lowest BCUT2D eigenvalue weighted by atomic mass is 10.1. The van der Waals surface area contributed by atoms with Gasteiger partial charge in [-0.2, -0.15) is 0 Å². The van der Waals surface area contributed by atoms with E-state index in [0.29, 0.717) is 10.9 Å². The Morgan fingerprint density at radius 3 is 2.92 bits per heavy atom. The van der Waals surface area contributed by atoms with Gasteiger partial charge in [0.2, 0.25) is 11.0 Å². The van der Waals surface area contributed by atoms with Gasteiger partial charge in [-0.15, -0.1) is 10.2 Å². The van der Waals surface area contributed by atoms with Crippen LogP contribution in [-0.2, 0) is 9.59 Å². The van der Waals surface area contributed by atoms with Gasteiger partial charge in [0, 0.05) is 5.92 Å². The summed E-state index contributed by atoms with van der Waals surface area (Å²) in [6.07, 6.45) is 0. The first kappa shape index (κ1) is 16.4. The largest absolute Gasteiger partial charge is 0.423 e. The second kappa shape index (κ2) is 6.56. The van der Waals surface area contributed by atoms with Crippen LogP contribution in [-0.4, -0.2) is 35.2 Å². The molecule has 1 aliphatic rings. The van der Waals surface area contributed by atoms with Crippen molar-refractivity contribution in [3.05, 3.63) is 28.8 Å². The zero-order chi connectivity index (χ0) is 17.3. The Bertz CT molecular complexity index is 787. The minimum Gasteiger partial charge on any atom is -0.423 e. The Labute approximate surface area is 143 Å². The number of hydrogen-bond acceptors (Lipinski definition) is 7. The van der Waals surface area contributed by atoms with E-state index in [1.54, 1.807) is 11.0 Å². The smallest absolute Gasteiger partial charge is 0.331 e. The molecule has 0 saturated carbocycles. The lowest BCUT2D eigenvalue weighted by Crippen LogP contribution is -2.41. The summed E-state index contributed by atoms with van der Waals surface area (Å²) in [4.78, 5) is 25.7. The third-order valence-electron chi connectivity index (χ3n) is 3.52. The average molecular weight is 346 g/mol. The molecule has 0 unspecified atom stereocenters. The van der Waals surface area contributed by atoms with E-state index in [-0.39, 0.29) is 30.9 Å². The lowest BCUT2D eigenvalue weighted by Gasteiger charge is -2.29. The topological polar surface area (TPSA) is 84.4 Å². The molecule has 1 aliphatic heterocycles. The number of fused-ring (bicyclic) bond motifs is 1. The molecule has 0 saturated heterocycles. The predicted octanol–water partition coefficient (Wildman–Crippen LogP) is 2.33. The molecule has 1 N–H and O–H groups in total. The summed E-state index contributed by atoms with van der Waals surface area (Å²) < 4.78 is 5.24. The van der Waals surface area contributed by atoms with E-state index >= 15 is 0 Å². The Balaban J connectivity index is 1.71. The molecule has 0 spiro atoms. The van der Waals surface area contributed by atoms with Crippen LogP contribution in [0.3, 0.4) is 0 Å². The zero-order valence-electron chi connectivity index (χ0n) is 13.7. The maximum absolute atomic E-state index is 12.3. The molecule has 126 valence electrons. The fourth-order valence-electron chi connectivity index (χ4n) is 2.35. The monoisotopic (exact) mass is 346 g/mol. The molecule has 7 nitrogen and oxygen atoms in total. The van der Waals surface area contributed by atoms with E-state index in [0.717, 1.165) is 16.3 Å². The Morgan fingerprint density at radius 1 is 1.42 bits per heavy atom. The van der Waals surface area contributed by atoms with Gasteiger partial charge < -0.3 is 9.64 Å². The van der Waals surface area contributed by atoms with E-state index in [2.05, 4.69) is 15.5 Å². The molecule has 3 rings (SSSR count). The number of aryl methyl sites for hydroxylation is 1. The summed E-state index contributed by atoms with van der Waals surface area (Å²) in [5.74, 6) is 0.124. The fraction of sp³-hybridized carbons (Fsp3) is 0.375. The Hall–Kier alpha value is -2.48. The molecule has 2 aromatic rings. The van der Waals surface area contributed by atoms with Crippen molar-refractivity contribution in [2.24, 2.45) is 0 Å². The van der Waals surface area contributed by atoms with Crippen molar-refractivity contribution in [1.29, 1.82) is 0 Å². The van der Waals surface area contributed by atoms with Crippen molar-refractivity contribution in [2.75, 3.05) is 23.3 Å². The maximum atomic E-state index is 12.3. The first-order chi connectivity index (χ1) is 11.4. The molecule has 0 fully saturated rings. The number of ether oxygens (including phenoxy) is 1. The number of carbonyl (C=O) groups excluding carboxylic acids is 2. The highest BCUT2D eigenvalue weighted by molar-refractivity contribution is 7.15. The number of hydrogen-bond donors (Lipinski definition) is 1. The SMILES string of the molecule is Cc1ccc2c(c1)OC(=O)CN2CC(=O)Nc1nnc(C(C)C)s1. The molecular formula is C16H18N4O3S. The molecule has 8 heteroatoms. The molecule has 0 atom stereocenters. The van der Waals surface area contributed by atoms with Gasteiger partial charge in [0.05, 0.1) is 12.2 Å². The van der Waals surface area contributed by atoms with Crippen LogP contribution in [0, 0.1) is 6.92 Å². The van der Waals surface area contributed by atoms with Crippen LogP contribution in [0.1, 0.15) is 30.3 Å². The van der Waals surface area contributed by atoms with E-state index in [4.69, 9.17) is 4.74 Å². The number of anilines is 2. The average Bonchev–Trinajstić information content (AvgIpc) is 2.95. The van der Waals surface area contributed by atoms with Crippen molar-refractivity contribution < 1.29 is 14.3 Å². The summed E-state index contributed by atoms with van der Waals surface area (Å²) in [5.41, 5.74) is 1.72. The molecule has 2 heterocycles.